The molecule has 0 fully saturated rings. The zero-order chi connectivity index (χ0) is 12.3. The minimum atomic E-state index is -0.211. The van der Waals surface area contributed by atoms with Gasteiger partial charge in [-0.05, 0) is 17.4 Å². The molecule has 0 aliphatic carbocycles. The summed E-state index contributed by atoms with van der Waals surface area (Å²) in [4.78, 5) is 11.1. The topological polar surface area (TPSA) is 52.3 Å². The molecule has 0 aliphatic rings. The molecule has 0 amide bonds. The molecule has 3 heteroatoms. The van der Waals surface area contributed by atoms with Crippen LogP contribution in [0.3, 0.4) is 0 Å². The van der Waals surface area contributed by atoms with Gasteiger partial charge in [-0.3, -0.25) is 4.79 Å². The predicted molar refractivity (Wildman–Crippen MR) is 68.7 cm³/mol. The predicted octanol–water partition coefficient (Wildman–Crippen LogP) is 2.53. The molecule has 2 N–H and O–H groups in total. The Morgan fingerprint density at radius 1 is 1.24 bits per heavy atom. The van der Waals surface area contributed by atoms with E-state index in [0.29, 0.717) is 12.8 Å². The third kappa shape index (κ3) is 2.38. The number of fused-ring (bicyclic) bond motifs is 1. The van der Waals surface area contributed by atoms with E-state index in [4.69, 9.17) is 5.73 Å². The maximum Gasteiger partial charge on any atom is 0.305 e. The van der Waals surface area contributed by atoms with Crippen LogP contribution in [-0.4, -0.2) is 13.1 Å². The van der Waals surface area contributed by atoms with E-state index in [1.54, 1.807) is 0 Å². The van der Waals surface area contributed by atoms with Gasteiger partial charge < -0.3 is 10.5 Å². The maximum atomic E-state index is 11.1. The molecule has 2 rings (SSSR count). The molecule has 0 aliphatic heterocycles. The minimum absolute atomic E-state index is 0.211. The van der Waals surface area contributed by atoms with E-state index in [1.165, 1.54) is 7.11 Å². The number of nitrogens with two attached hydrogens (primary N) is 1. The standard InChI is InChI=1S/C14H15NO2/c1-17-13(16)9-8-11-7-6-10-4-2-3-5-12(10)14(11)15/h2-7H,8-9,15H2,1H3. The lowest BCUT2D eigenvalue weighted by atomic mass is 10.0. The summed E-state index contributed by atoms with van der Waals surface area (Å²) >= 11 is 0. The summed E-state index contributed by atoms with van der Waals surface area (Å²) in [5.74, 6) is -0.211. The molecule has 2 aromatic carbocycles. The van der Waals surface area contributed by atoms with Crippen LogP contribution in [0.15, 0.2) is 36.4 Å². The van der Waals surface area contributed by atoms with E-state index in [0.717, 1.165) is 22.0 Å². The van der Waals surface area contributed by atoms with Crippen molar-refractivity contribution in [1.29, 1.82) is 0 Å². The van der Waals surface area contributed by atoms with Crippen LogP contribution in [0.5, 0.6) is 0 Å². The number of aryl methyl sites for hydroxylation is 1. The first-order chi connectivity index (χ1) is 8.22. The Balaban J connectivity index is 2.29. The largest absolute Gasteiger partial charge is 0.469 e. The van der Waals surface area contributed by atoms with Crippen LogP contribution >= 0.6 is 0 Å². The first-order valence-corrected chi connectivity index (χ1v) is 5.55. The quantitative estimate of drug-likeness (QED) is 0.650. The number of esters is 1. The molecule has 17 heavy (non-hydrogen) atoms. The average Bonchev–Trinajstić information content (AvgIpc) is 2.38. The summed E-state index contributed by atoms with van der Waals surface area (Å²) in [6.07, 6.45) is 0.975. The molecule has 0 bridgehead atoms. The molecule has 0 atom stereocenters. The fraction of sp³-hybridized carbons (Fsp3) is 0.214. The monoisotopic (exact) mass is 229 g/mol. The number of hydrogen-bond donors (Lipinski definition) is 1. The highest BCUT2D eigenvalue weighted by Crippen LogP contribution is 2.25. The Kier molecular flexibility index (Phi) is 3.28. The highest BCUT2D eigenvalue weighted by atomic mass is 16.5. The van der Waals surface area contributed by atoms with Gasteiger partial charge in [-0.1, -0.05) is 36.4 Å². The number of carbonyl (C=O) groups is 1. The Bertz CT molecular complexity index is 549. The molecule has 0 saturated carbocycles. The van der Waals surface area contributed by atoms with Crippen molar-refractivity contribution in [3.63, 3.8) is 0 Å². The van der Waals surface area contributed by atoms with Gasteiger partial charge in [0.2, 0.25) is 0 Å². The van der Waals surface area contributed by atoms with Crippen molar-refractivity contribution in [2.75, 3.05) is 12.8 Å². The second-order valence-corrected chi connectivity index (χ2v) is 3.94. The average molecular weight is 229 g/mol. The molecular formula is C14H15NO2. The highest BCUT2D eigenvalue weighted by molar-refractivity contribution is 5.94. The summed E-state index contributed by atoms with van der Waals surface area (Å²) in [7, 11) is 1.39. The maximum absolute atomic E-state index is 11.1. The van der Waals surface area contributed by atoms with Crippen LogP contribution in [0, 0.1) is 0 Å². The third-order valence-corrected chi connectivity index (χ3v) is 2.89. The molecular weight excluding hydrogens is 214 g/mol. The highest BCUT2D eigenvalue weighted by Gasteiger charge is 2.06. The van der Waals surface area contributed by atoms with E-state index in [9.17, 15) is 4.79 Å². The van der Waals surface area contributed by atoms with Gasteiger partial charge in [-0.2, -0.15) is 0 Å². The van der Waals surface area contributed by atoms with E-state index >= 15 is 0 Å². The SMILES string of the molecule is COC(=O)CCc1ccc2ccccc2c1N. The molecule has 0 saturated heterocycles. The Morgan fingerprint density at radius 2 is 2.00 bits per heavy atom. The lowest BCUT2D eigenvalue weighted by molar-refractivity contribution is -0.140. The van der Waals surface area contributed by atoms with Gasteiger partial charge in [0.1, 0.15) is 0 Å². The van der Waals surface area contributed by atoms with Gasteiger partial charge in [0.15, 0.2) is 0 Å². The van der Waals surface area contributed by atoms with Crippen molar-refractivity contribution < 1.29 is 9.53 Å². The number of anilines is 1. The fourth-order valence-corrected chi connectivity index (χ4v) is 1.90. The van der Waals surface area contributed by atoms with E-state index < -0.39 is 0 Å². The number of ether oxygens (including phenoxy) is 1. The van der Waals surface area contributed by atoms with Crippen molar-refractivity contribution in [1.82, 2.24) is 0 Å². The fourth-order valence-electron chi connectivity index (χ4n) is 1.90. The zero-order valence-corrected chi connectivity index (χ0v) is 9.77. The Labute approximate surface area is 100 Å². The molecule has 2 aromatic rings. The summed E-state index contributed by atoms with van der Waals surface area (Å²) in [6.45, 7) is 0. The van der Waals surface area contributed by atoms with Crippen LogP contribution in [0.4, 0.5) is 5.69 Å². The molecule has 0 heterocycles. The van der Waals surface area contributed by atoms with Crippen molar-refractivity contribution in [2.45, 2.75) is 12.8 Å². The molecule has 0 unspecified atom stereocenters. The number of benzene rings is 2. The number of hydrogen-bond acceptors (Lipinski definition) is 3. The van der Waals surface area contributed by atoms with Crippen molar-refractivity contribution >= 4 is 22.4 Å². The van der Waals surface area contributed by atoms with E-state index in [-0.39, 0.29) is 5.97 Å². The smallest absolute Gasteiger partial charge is 0.305 e. The normalized spacial score (nSPS) is 10.4. The van der Waals surface area contributed by atoms with Crippen LogP contribution in [-0.2, 0) is 16.0 Å². The zero-order valence-electron chi connectivity index (χ0n) is 9.77. The van der Waals surface area contributed by atoms with E-state index in [2.05, 4.69) is 4.74 Å². The summed E-state index contributed by atoms with van der Waals surface area (Å²) < 4.78 is 4.62. The Morgan fingerprint density at radius 3 is 2.76 bits per heavy atom. The van der Waals surface area contributed by atoms with Crippen molar-refractivity contribution in [3.05, 3.63) is 42.0 Å². The van der Waals surface area contributed by atoms with Crippen LogP contribution in [0.1, 0.15) is 12.0 Å². The van der Waals surface area contributed by atoms with Crippen molar-refractivity contribution in [2.24, 2.45) is 0 Å². The lowest BCUT2D eigenvalue weighted by Gasteiger charge is -2.08. The molecule has 0 spiro atoms. The lowest BCUT2D eigenvalue weighted by Crippen LogP contribution is -2.03. The second kappa shape index (κ2) is 4.87. The van der Waals surface area contributed by atoms with Gasteiger partial charge in [-0.15, -0.1) is 0 Å². The number of nitrogen functional groups attached to an aromatic ring is 1. The second-order valence-electron chi connectivity index (χ2n) is 3.94. The van der Waals surface area contributed by atoms with Gasteiger partial charge in [0.25, 0.3) is 0 Å². The van der Waals surface area contributed by atoms with Crippen LogP contribution in [0.2, 0.25) is 0 Å². The third-order valence-electron chi connectivity index (χ3n) is 2.89. The summed E-state index contributed by atoms with van der Waals surface area (Å²) in [6, 6.07) is 12.0. The number of methoxy groups -OCH3 is 1. The minimum Gasteiger partial charge on any atom is -0.469 e. The van der Waals surface area contributed by atoms with Gasteiger partial charge >= 0.3 is 5.97 Å². The van der Waals surface area contributed by atoms with Crippen molar-refractivity contribution in [3.8, 4) is 0 Å². The van der Waals surface area contributed by atoms with E-state index in [1.807, 2.05) is 36.4 Å². The molecule has 0 radical (unpaired) electrons. The van der Waals surface area contributed by atoms with Gasteiger partial charge in [-0.25, -0.2) is 0 Å². The molecule has 88 valence electrons. The number of rotatable bonds is 3. The number of carbonyl (C=O) groups excluding carboxylic acids is 1. The first kappa shape index (κ1) is 11.5. The van der Waals surface area contributed by atoms with Crippen LogP contribution < -0.4 is 5.73 Å². The van der Waals surface area contributed by atoms with Crippen LogP contribution in [0.25, 0.3) is 10.8 Å². The molecule has 3 nitrogen and oxygen atoms in total. The Hall–Kier alpha value is -2.03. The summed E-state index contributed by atoms with van der Waals surface area (Å²) in [5, 5.41) is 2.15. The van der Waals surface area contributed by atoms with Gasteiger partial charge in [0.05, 0.1) is 7.11 Å². The van der Waals surface area contributed by atoms with Gasteiger partial charge in [0, 0.05) is 17.5 Å². The summed E-state index contributed by atoms with van der Waals surface area (Å²) in [5.41, 5.74) is 7.85. The first-order valence-electron chi connectivity index (χ1n) is 5.55. The molecule has 0 aromatic heterocycles.